The van der Waals surface area contributed by atoms with Gasteiger partial charge in [-0.2, -0.15) is 0 Å². The first kappa shape index (κ1) is 12.2. The summed E-state index contributed by atoms with van der Waals surface area (Å²) in [5, 5.41) is 20.3. The third kappa shape index (κ3) is 2.21. The summed E-state index contributed by atoms with van der Waals surface area (Å²) in [4.78, 5) is 4.10. The number of hydrogen-bond donors (Lipinski definition) is 2. The standard InChI is InChI=1S/C11H20N2O2/c1-4-11(15,5-2)9(14)10-12-7-8-13(10)6-3/h7-9,14-15H,4-6H2,1-3H3. The molecule has 0 saturated heterocycles. The summed E-state index contributed by atoms with van der Waals surface area (Å²) in [6.07, 6.45) is 3.57. The van der Waals surface area contributed by atoms with E-state index in [-0.39, 0.29) is 0 Å². The molecule has 1 aromatic heterocycles. The van der Waals surface area contributed by atoms with Gasteiger partial charge >= 0.3 is 0 Å². The molecule has 0 aromatic carbocycles. The average molecular weight is 212 g/mol. The van der Waals surface area contributed by atoms with Gasteiger partial charge in [0.15, 0.2) is 0 Å². The minimum Gasteiger partial charge on any atom is -0.387 e. The van der Waals surface area contributed by atoms with E-state index in [0.29, 0.717) is 18.7 Å². The number of aromatic nitrogens is 2. The molecule has 4 heteroatoms. The van der Waals surface area contributed by atoms with E-state index in [1.807, 2.05) is 31.5 Å². The lowest BCUT2D eigenvalue weighted by molar-refractivity contribution is -0.0870. The van der Waals surface area contributed by atoms with Crippen molar-refractivity contribution >= 4 is 0 Å². The maximum Gasteiger partial charge on any atom is 0.140 e. The van der Waals surface area contributed by atoms with Gasteiger partial charge in [-0.1, -0.05) is 13.8 Å². The molecule has 0 radical (unpaired) electrons. The first-order valence-electron chi connectivity index (χ1n) is 5.50. The van der Waals surface area contributed by atoms with Gasteiger partial charge in [-0.3, -0.25) is 0 Å². The number of aryl methyl sites for hydroxylation is 1. The van der Waals surface area contributed by atoms with Gasteiger partial charge in [-0.15, -0.1) is 0 Å². The van der Waals surface area contributed by atoms with Crippen LogP contribution in [0.2, 0.25) is 0 Å². The molecule has 2 N–H and O–H groups in total. The summed E-state index contributed by atoms with van der Waals surface area (Å²) in [5.74, 6) is 0.545. The first-order valence-corrected chi connectivity index (χ1v) is 5.50. The monoisotopic (exact) mass is 212 g/mol. The molecule has 1 aromatic rings. The molecule has 1 heterocycles. The van der Waals surface area contributed by atoms with E-state index in [1.165, 1.54) is 0 Å². The maximum atomic E-state index is 10.2. The molecule has 4 nitrogen and oxygen atoms in total. The highest BCUT2D eigenvalue weighted by molar-refractivity contribution is 5.03. The molecule has 0 fully saturated rings. The highest BCUT2D eigenvalue weighted by Gasteiger charge is 2.35. The topological polar surface area (TPSA) is 58.3 Å². The SMILES string of the molecule is CCn1ccnc1C(O)C(O)(CC)CC. The molecule has 0 aliphatic rings. The molecular formula is C11H20N2O2. The highest BCUT2D eigenvalue weighted by atomic mass is 16.3. The molecule has 0 amide bonds. The molecule has 86 valence electrons. The third-order valence-electron chi connectivity index (χ3n) is 3.07. The predicted octanol–water partition coefficient (Wildman–Crippen LogP) is 1.49. The second kappa shape index (κ2) is 4.77. The number of aliphatic hydroxyl groups excluding tert-OH is 1. The van der Waals surface area contributed by atoms with Crippen LogP contribution in [0.15, 0.2) is 12.4 Å². The Balaban J connectivity index is 2.97. The number of aliphatic hydroxyl groups is 2. The van der Waals surface area contributed by atoms with E-state index in [1.54, 1.807) is 6.20 Å². The van der Waals surface area contributed by atoms with Crippen LogP contribution >= 0.6 is 0 Å². The van der Waals surface area contributed by atoms with E-state index in [4.69, 9.17) is 0 Å². The van der Waals surface area contributed by atoms with Crippen molar-refractivity contribution in [2.75, 3.05) is 0 Å². The molecular weight excluding hydrogens is 192 g/mol. The number of hydrogen-bond acceptors (Lipinski definition) is 3. The Morgan fingerprint density at radius 1 is 1.40 bits per heavy atom. The Hall–Kier alpha value is -0.870. The van der Waals surface area contributed by atoms with Crippen LogP contribution < -0.4 is 0 Å². The Bertz CT molecular complexity index is 305. The zero-order valence-corrected chi connectivity index (χ0v) is 9.64. The van der Waals surface area contributed by atoms with Gasteiger partial charge in [0.1, 0.15) is 11.9 Å². The quantitative estimate of drug-likeness (QED) is 0.777. The van der Waals surface area contributed by atoms with Crippen molar-refractivity contribution in [3.8, 4) is 0 Å². The van der Waals surface area contributed by atoms with E-state index in [9.17, 15) is 10.2 Å². The van der Waals surface area contributed by atoms with Gasteiger partial charge in [0.05, 0.1) is 5.60 Å². The van der Waals surface area contributed by atoms with Crippen molar-refractivity contribution < 1.29 is 10.2 Å². The van der Waals surface area contributed by atoms with Crippen LogP contribution in [-0.2, 0) is 6.54 Å². The van der Waals surface area contributed by atoms with Gasteiger partial charge in [-0.25, -0.2) is 4.98 Å². The Morgan fingerprint density at radius 2 is 2.00 bits per heavy atom. The molecule has 0 bridgehead atoms. The van der Waals surface area contributed by atoms with Crippen molar-refractivity contribution in [3.63, 3.8) is 0 Å². The molecule has 0 aliphatic carbocycles. The average Bonchev–Trinajstić information content (AvgIpc) is 2.74. The second-order valence-corrected chi connectivity index (χ2v) is 3.78. The van der Waals surface area contributed by atoms with Crippen molar-refractivity contribution in [3.05, 3.63) is 18.2 Å². The van der Waals surface area contributed by atoms with E-state index in [0.717, 1.165) is 6.54 Å². The van der Waals surface area contributed by atoms with Crippen LogP contribution in [0.1, 0.15) is 45.5 Å². The number of nitrogens with zero attached hydrogens (tertiary/aromatic N) is 2. The lowest BCUT2D eigenvalue weighted by Crippen LogP contribution is -2.36. The molecule has 1 rings (SSSR count). The zero-order chi connectivity index (χ0) is 11.5. The minimum absolute atomic E-state index is 0.515. The fraction of sp³-hybridized carbons (Fsp3) is 0.727. The predicted molar refractivity (Wildman–Crippen MR) is 58.4 cm³/mol. The molecule has 0 saturated carbocycles. The highest BCUT2D eigenvalue weighted by Crippen LogP contribution is 2.30. The van der Waals surface area contributed by atoms with Gasteiger partial charge in [0.25, 0.3) is 0 Å². The lowest BCUT2D eigenvalue weighted by Gasteiger charge is -2.30. The van der Waals surface area contributed by atoms with Gasteiger partial charge in [0.2, 0.25) is 0 Å². The van der Waals surface area contributed by atoms with Crippen molar-refractivity contribution in [1.29, 1.82) is 0 Å². The normalized spacial score (nSPS) is 14.2. The van der Waals surface area contributed by atoms with E-state index < -0.39 is 11.7 Å². The smallest absolute Gasteiger partial charge is 0.140 e. The van der Waals surface area contributed by atoms with Crippen LogP contribution in [0.25, 0.3) is 0 Å². The number of imidazole rings is 1. The summed E-state index contributed by atoms with van der Waals surface area (Å²) in [5.41, 5.74) is -1.07. The maximum absolute atomic E-state index is 10.2. The van der Waals surface area contributed by atoms with Gasteiger partial charge in [0, 0.05) is 18.9 Å². The van der Waals surface area contributed by atoms with Crippen molar-refractivity contribution in [2.24, 2.45) is 0 Å². The van der Waals surface area contributed by atoms with Crippen LogP contribution in [0.3, 0.4) is 0 Å². The summed E-state index contributed by atoms with van der Waals surface area (Å²) in [7, 11) is 0. The zero-order valence-electron chi connectivity index (χ0n) is 9.64. The number of rotatable bonds is 5. The first-order chi connectivity index (χ1) is 7.09. The third-order valence-corrected chi connectivity index (χ3v) is 3.07. The molecule has 15 heavy (non-hydrogen) atoms. The summed E-state index contributed by atoms with van der Waals surface area (Å²) in [6, 6.07) is 0. The fourth-order valence-electron chi connectivity index (χ4n) is 1.71. The van der Waals surface area contributed by atoms with E-state index >= 15 is 0 Å². The lowest BCUT2D eigenvalue weighted by atomic mass is 9.90. The van der Waals surface area contributed by atoms with Gasteiger partial charge in [-0.05, 0) is 19.8 Å². The Kier molecular flexibility index (Phi) is 3.88. The van der Waals surface area contributed by atoms with Crippen LogP contribution in [0, 0.1) is 0 Å². The second-order valence-electron chi connectivity index (χ2n) is 3.78. The largest absolute Gasteiger partial charge is 0.387 e. The summed E-state index contributed by atoms with van der Waals surface area (Å²) >= 11 is 0. The molecule has 0 aliphatic heterocycles. The summed E-state index contributed by atoms with van der Waals surface area (Å²) in [6.45, 7) is 6.46. The van der Waals surface area contributed by atoms with Gasteiger partial charge < -0.3 is 14.8 Å². The molecule has 1 unspecified atom stereocenters. The Morgan fingerprint density at radius 3 is 2.47 bits per heavy atom. The minimum atomic E-state index is -1.07. The van der Waals surface area contributed by atoms with Crippen LogP contribution in [0.4, 0.5) is 0 Å². The van der Waals surface area contributed by atoms with Crippen molar-refractivity contribution in [2.45, 2.75) is 51.9 Å². The van der Waals surface area contributed by atoms with Crippen LogP contribution in [-0.4, -0.2) is 25.4 Å². The fourth-order valence-corrected chi connectivity index (χ4v) is 1.71. The Labute approximate surface area is 90.6 Å². The summed E-state index contributed by atoms with van der Waals surface area (Å²) < 4.78 is 1.85. The molecule has 1 atom stereocenters. The van der Waals surface area contributed by atoms with Crippen LogP contribution in [0.5, 0.6) is 0 Å². The van der Waals surface area contributed by atoms with Crippen molar-refractivity contribution in [1.82, 2.24) is 9.55 Å². The van der Waals surface area contributed by atoms with E-state index in [2.05, 4.69) is 4.98 Å². The molecule has 0 spiro atoms.